The average Bonchev–Trinajstić information content (AvgIpc) is 2.48. The smallest absolute Gasteiger partial charge is 0.164 e. The molecule has 72 valence electrons. The highest BCUT2D eigenvalue weighted by Crippen LogP contribution is 2.01. The highest BCUT2D eigenvalue weighted by Gasteiger charge is 1.96. The fourth-order valence-electron chi connectivity index (χ4n) is 0.961. The van der Waals surface area contributed by atoms with Crippen LogP contribution in [-0.2, 0) is 7.05 Å². The quantitative estimate of drug-likeness (QED) is 0.564. The lowest BCUT2D eigenvalue weighted by molar-refractivity contribution is 0.718. The number of rotatable bonds is 4. The van der Waals surface area contributed by atoms with Crippen molar-refractivity contribution in [2.24, 2.45) is 12.1 Å². The Balaban J connectivity index is 2.51. The second-order valence-electron chi connectivity index (χ2n) is 2.95. The van der Waals surface area contributed by atoms with Gasteiger partial charge in [0.1, 0.15) is 0 Å². The van der Waals surface area contributed by atoms with Crippen LogP contribution in [0.2, 0.25) is 0 Å². The zero-order valence-electron chi connectivity index (χ0n) is 8.28. The van der Waals surface area contributed by atoms with Gasteiger partial charge >= 0.3 is 0 Å². The maximum Gasteiger partial charge on any atom is 0.164 e. The SMILES string of the molecule is CCC/C(C)=N/Nc1cnnn1C. The average molecular weight is 181 g/mol. The van der Waals surface area contributed by atoms with Gasteiger partial charge in [-0.25, -0.2) is 4.68 Å². The van der Waals surface area contributed by atoms with Crippen LogP contribution in [-0.4, -0.2) is 20.7 Å². The van der Waals surface area contributed by atoms with Gasteiger partial charge in [-0.15, -0.1) is 5.10 Å². The van der Waals surface area contributed by atoms with E-state index in [2.05, 4.69) is 27.8 Å². The first-order valence-electron chi connectivity index (χ1n) is 4.38. The van der Waals surface area contributed by atoms with Crippen molar-refractivity contribution < 1.29 is 0 Å². The lowest BCUT2D eigenvalue weighted by Crippen LogP contribution is -2.01. The van der Waals surface area contributed by atoms with E-state index in [0.717, 1.165) is 24.4 Å². The third kappa shape index (κ3) is 2.85. The Labute approximate surface area is 77.8 Å². The third-order valence-electron chi connectivity index (χ3n) is 1.69. The molecular formula is C8H15N5. The van der Waals surface area contributed by atoms with Crippen molar-refractivity contribution in [3.05, 3.63) is 6.20 Å². The number of aryl methyl sites for hydroxylation is 1. The topological polar surface area (TPSA) is 55.1 Å². The van der Waals surface area contributed by atoms with Crippen LogP contribution in [0.1, 0.15) is 26.7 Å². The Kier molecular flexibility index (Phi) is 3.42. The first-order chi connectivity index (χ1) is 6.24. The Bertz CT molecular complexity index is 288. The minimum atomic E-state index is 0.801. The zero-order chi connectivity index (χ0) is 9.68. The summed E-state index contributed by atoms with van der Waals surface area (Å²) in [6.45, 7) is 4.13. The summed E-state index contributed by atoms with van der Waals surface area (Å²) in [5.41, 5.74) is 3.99. The summed E-state index contributed by atoms with van der Waals surface area (Å²) < 4.78 is 1.64. The molecule has 0 amide bonds. The number of nitrogens with zero attached hydrogens (tertiary/aromatic N) is 4. The fourth-order valence-corrected chi connectivity index (χ4v) is 0.961. The summed E-state index contributed by atoms with van der Waals surface area (Å²) in [5.74, 6) is 0.801. The third-order valence-corrected chi connectivity index (χ3v) is 1.69. The summed E-state index contributed by atoms with van der Waals surface area (Å²) in [7, 11) is 1.82. The van der Waals surface area contributed by atoms with Crippen molar-refractivity contribution in [2.45, 2.75) is 26.7 Å². The number of anilines is 1. The summed E-state index contributed by atoms with van der Waals surface area (Å²) >= 11 is 0. The lowest BCUT2D eigenvalue weighted by atomic mass is 10.2. The summed E-state index contributed by atoms with van der Waals surface area (Å²) in [6.07, 6.45) is 3.77. The molecule has 5 heteroatoms. The predicted octanol–water partition coefficient (Wildman–Crippen LogP) is 1.40. The van der Waals surface area contributed by atoms with Crippen LogP contribution < -0.4 is 5.43 Å². The molecule has 1 aromatic rings. The minimum Gasteiger partial charge on any atom is -0.260 e. The van der Waals surface area contributed by atoms with Gasteiger partial charge in [0.15, 0.2) is 5.82 Å². The van der Waals surface area contributed by atoms with Gasteiger partial charge in [0.2, 0.25) is 0 Å². The molecule has 0 saturated carbocycles. The molecule has 0 aliphatic rings. The zero-order valence-corrected chi connectivity index (χ0v) is 8.28. The van der Waals surface area contributed by atoms with Crippen molar-refractivity contribution in [3.8, 4) is 0 Å². The second-order valence-corrected chi connectivity index (χ2v) is 2.95. The molecule has 0 aliphatic carbocycles. The highest BCUT2D eigenvalue weighted by molar-refractivity contribution is 5.82. The first-order valence-corrected chi connectivity index (χ1v) is 4.38. The highest BCUT2D eigenvalue weighted by atomic mass is 15.5. The Morgan fingerprint density at radius 1 is 1.69 bits per heavy atom. The summed E-state index contributed by atoms with van der Waals surface area (Å²) in [4.78, 5) is 0. The summed E-state index contributed by atoms with van der Waals surface area (Å²) in [6, 6.07) is 0. The molecule has 0 unspecified atom stereocenters. The first kappa shape index (κ1) is 9.70. The Hall–Kier alpha value is -1.39. The maximum atomic E-state index is 4.18. The molecule has 0 aliphatic heterocycles. The maximum absolute atomic E-state index is 4.18. The van der Waals surface area contributed by atoms with Crippen LogP contribution in [0.5, 0.6) is 0 Å². The molecule has 5 nitrogen and oxygen atoms in total. The number of aromatic nitrogens is 3. The number of hydrazone groups is 1. The van der Waals surface area contributed by atoms with Crippen LogP contribution in [0.4, 0.5) is 5.82 Å². The van der Waals surface area contributed by atoms with E-state index in [0.29, 0.717) is 0 Å². The normalized spacial score (nSPS) is 11.8. The van der Waals surface area contributed by atoms with Gasteiger partial charge in [-0.05, 0) is 13.3 Å². The van der Waals surface area contributed by atoms with E-state index in [-0.39, 0.29) is 0 Å². The van der Waals surface area contributed by atoms with Crippen LogP contribution in [0, 0.1) is 0 Å². The van der Waals surface area contributed by atoms with Crippen molar-refractivity contribution in [1.82, 2.24) is 15.0 Å². The molecule has 1 rings (SSSR count). The summed E-state index contributed by atoms with van der Waals surface area (Å²) in [5, 5.41) is 11.7. The standard InChI is InChI=1S/C8H15N5/c1-4-5-7(2)10-11-8-6-9-12-13(8)3/h6,11H,4-5H2,1-3H3/b10-7+. The van der Waals surface area contributed by atoms with Crippen molar-refractivity contribution in [1.29, 1.82) is 0 Å². The molecule has 0 aromatic carbocycles. The van der Waals surface area contributed by atoms with Crippen LogP contribution in [0.15, 0.2) is 11.3 Å². The molecule has 0 atom stereocenters. The van der Waals surface area contributed by atoms with E-state index in [1.807, 2.05) is 14.0 Å². The van der Waals surface area contributed by atoms with E-state index >= 15 is 0 Å². The second kappa shape index (κ2) is 4.59. The molecule has 0 bridgehead atoms. The molecule has 0 radical (unpaired) electrons. The predicted molar refractivity (Wildman–Crippen MR) is 52.6 cm³/mol. The van der Waals surface area contributed by atoms with Gasteiger partial charge < -0.3 is 0 Å². The number of nitrogens with one attached hydrogen (secondary N) is 1. The van der Waals surface area contributed by atoms with E-state index < -0.39 is 0 Å². The molecule has 0 saturated heterocycles. The molecule has 13 heavy (non-hydrogen) atoms. The molecule has 1 aromatic heterocycles. The van der Waals surface area contributed by atoms with Gasteiger partial charge in [0, 0.05) is 12.8 Å². The Morgan fingerprint density at radius 3 is 3.00 bits per heavy atom. The minimum absolute atomic E-state index is 0.801. The lowest BCUT2D eigenvalue weighted by Gasteiger charge is -2.00. The van der Waals surface area contributed by atoms with E-state index in [9.17, 15) is 0 Å². The molecular weight excluding hydrogens is 166 g/mol. The van der Waals surface area contributed by atoms with Gasteiger partial charge in [0.05, 0.1) is 6.20 Å². The van der Waals surface area contributed by atoms with Crippen molar-refractivity contribution >= 4 is 11.5 Å². The molecule has 0 spiro atoms. The molecule has 1 N–H and O–H groups in total. The van der Waals surface area contributed by atoms with Crippen molar-refractivity contribution in [2.75, 3.05) is 5.43 Å². The van der Waals surface area contributed by atoms with Gasteiger partial charge in [-0.3, -0.25) is 5.43 Å². The number of hydrogen-bond donors (Lipinski definition) is 1. The van der Waals surface area contributed by atoms with E-state index in [1.54, 1.807) is 10.9 Å². The van der Waals surface area contributed by atoms with Gasteiger partial charge in [-0.2, -0.15) is 5.10 Å². The van der Waals surface area contributed by atoms with Crippen LogP contribution in [0.3, 0.4) is 0 Å². The molecule has 1 heterocycles. The fraction of sp³-hybridized carbons (Fsp3) is 0.625. The number of hydrogen-bond acceptors (Lipinski definition) is 4. The van der Waals surface area contributed by atoms with Crippen molar-refractivity contribution in [3.63, 3.8) is 0 Å². The van der Waals surface area contributed by atoms with E-state index in [1.165, 1.54) is 0 Å². The largest absolute Gasteiger partial charge is 0.260 e. The Morgan fingerprint density at radius 2 is 2.46 bits per heavy atom. The van der Waals surface area contributed by atoms with Crippen LogP contribution in [0.25, 0.3) is 0 Å². The monoisotopic (exact) mass is 181 g/mol. The van der Waals surface area contributed by atoms with Crippen LogP contribution >= 0.6 is 0 Å². The van der Waals surface area contributed by atoms with Gasteiger partial charge in [-0.1, -0.05) is 18.6 Å². The molecule has 0 fully saturated rings. The van der Waals surface area contributed by atoms with Gasteiger partial charge in [0.25, 0.3) is 0 Å². The van der Waals surface area contributed by atoms with E-state index in [4.69, 9.17) is 0 Å².